The molecular weight excluding hydrogens is 1360 g/mol. The fourth-order valence-electron chi connectivity index (χ4n) is 5.13. The van der Waals surface area contributed by atoms with Gasteiger partial charge in [0.2, 0.25) is 11.0 Å². The third-order valence-electron chi connectivity index (χ3n) is 7.58. The number of esters is 1. The third kappa shape index (κ3) is 34.5. The van der Waals surface area contributed by atoms with E-state index < -0.39 is 0 Å². The van der Waals surface area contributed by atoms with Crippen molar-refractivity contribution in [2.24, 2.45) is 12.8 Å². The number of benzene rings is 3. The van der Waals surface area contributed by atoms with Gasteiger partial charge in [-0.3, -0.25) is 9.05 Å². The topological polar surface area (TPSA) is 155 Å². The predicted octanol–water partition coefficient (Wildman–Crippen LogP) is 10.3. The van der Waals surface area contributed by atoms with E-state index in [0.29, 0.717) is 37.8 Å². The minimum atomic E-state index is -0.328. The molecule has 4 aromatic rings. The summed E-state index contributed by atoms with van der Waals surface area (Å²) in [5.41, 5.74) is 9.15. The molecule has 1 heterocycles. The molecule has 0 spiro atoms. The van der Waals surface area contributed by atoms with Gasteiger partial charge in [-0.2, -0.15) is 18.8 Å². The number of para-hydroxylation sites is 2. The van der Waals surface area contributed by atoms with Crippen LogP contribution in [0.3, 0.4) is 0 Å². The van der Waals surface area contributed by atoms with Crippen molar-refractivity contribution in [3.8, 4) is 5.75 Å². The van der Waals surface area contributed by atoms with Gasteiger partial charge in [0.25, 0.3) is 0 Å². The standard InChI is InChI=1S/C24H22NO2.C7H15O2P.C6H14NO2P.2CH3O.3CH4.I3.I2/c1-3-8-17-13-15-18(16-14-17)27-24(26)23-19-9-4-6-11-21(19)25(2)22-12-7-5-10-20(22)23;1-2-3-4-5-6-7-9-10-8;7-5-3-1-2-4-6-9-10-8;2*1-2;;;;1-3-2;1-2/h4-7,9-16H,3,8H2,1-2H3;2-7H2,1H3;1-7H2;2*1H3;3*1H4;;/q+1;;;2*-1;;;;-1;. The van der Waals surface area contributed by atoms with Crippen molar-refractivity contribution in [3.05, 3.63) is 83.9 Å². The normalized spacial score (nSPS) is 9.29. The van der Waals surface area contributed by atoms with Crippen LogP contribution < -0.4 is 38.5 Å². The number of nitrogens with two attached hydrogens (primary N) is 1. The third-order valence-corrected chi connectivity index (χ3v) is 8.16. The average molecular weight is 1430 g/mol. The maximum Gasteiger partial charge on any atom is 0.327 e. The monoisotopic (exact) mass is 1430 g/mol. The minimum Gasteiger partial charge on any atom is -0.330 e. The molecule has 0 saturated carbocycles. The summed E-state index contributed by atoms with van der Waals surface area (Å²) in [6.45, 7) is 6.33. The Balaban J connectivity index is -0.000000185. The molecule has 0 fully saturated rings. The van der Waals surface area contributed by atoms with E-state index >= 15 is 0 Å². The SMILES string of the molecule is C.C.C.CCCCCCCOP=O.CCCc1ccc(OC(=O)c2c3ccccc3[n+](C)c3ccccc23)cc1.C[O-].C[O-].II.I[I-]I.NCCCCCCOP=O. The second kappa shape index (κ2) is 54.6. The second-order valence-corrected chi connectivity index (χ2v) is 28.3. The van der Waals surface area contributed by atoms with Gasteiger partial charge in [0, 0.05) is 49.4 Å². The number of hydrogen-bond donors (Lipinski definition) is 1. The van der Waals surface area contributed by atoms with E-state index in [1.165, 1.54) is 31.2 Å². The summed E-state index contributed by atoms with van der Waals surface area (Å²) in [7, 11) is 3.13. The van der Waals surface area contributed by atoms with Crippen LogP contribution in [0.25, 0.3) is 21.8 Å². The molecule has 10 nitrogen and oxygen atoms in total. The van der Waals surface area contributed by atoms with Crippen LogP contribution in [0.4, 0.5) is 0 Å². The Labute approximate surface area is 413 Å². The number of pyridine rings is 1. The molecule has 0 atom stereocenters. The number of rotatable bonds is 18. The van der Waals surface area contributed by atoms with Gasteiger partial charge in [-0.25, -0.2) is 13.9 Å². The molecule has 0 saturated heterocycles. The molecular formula is C42H69I5N2O8P2-2. The van der Waals surface area contributed by atoms with Gasteiger partial charge in [-0.1, -0.05) is 117 Å². The number of ether oxygens (including phenoxy) is 1. The second-order valence-electron chi connectivity index (χ2n) is 11.2. The van der Waals surface area contributed by atoms with Crippen LogP contribution in [0, 0.1) is 0 Å². The van der Waals surface area contributed by atoms with Gasteiger partial charge < -0.3 is 20.7 Å². The maximum atomic E-state index is 13.1. The van der Waals surface area contributed by atoms with Crippen LogP contribution in [-0.2, 0) is 31.6 Å². The Kier molecular flexibility index (Phi) is 65.8. The molecule has 1 aromatic heterocycles. The Bertz CT molecular complexity index is 1460. The summed E-state index contributed by atoms with van der Waals surface area (Å²) in [4.78, 5) is 13.1. The van der Waals surface area contributed by atoms with Crippen LogP contribution in [0.15, 0.2) is 72.8 Å². The van der Waals surface area contributed by atoms with E-state index in [9.17, 15) is 13.9 Å². The summed E-state index contributed by atoms with van der Waals surface area (Å²) in [5.74, 6) is 0.243. The van der Waals surface area contributed by atoms with Crippen molar-refractivity contribution < 1.29 is 55.7 Å². The number of aromatic nitrogens is 1. The van der Waals surface area contributed by atoms with Crippen molar-refractivity contribution in [1.29, 1.82) is 0 Å². The van der Waals surface area contributed by atoms with Gasteiger partial charge in [0.05, 0.1) is 29.5 Å². The predicted molar refractivity (Wildman–Crippen MR) is 280 cm³/mol. The van der Waals surface area contributed by atoms with E-state index in [-0.39, 0.29) is 45.6 Å². The zero-order chi connectivity index (χ0) is 42.8. The number of fused-ring (bicyclic) bond motifs is 2. The summed E-state index contributed by atoms with van der Waals surface area (Å²) >= 11 is 9.54. The number of nitrogens with zero attached hydrogens (tertiary/aromatic N) is 1. The van der Waals surface area contributed by atoms with Crippen molar-refractivity contribution in [2.75, 3.05) is 34.0 Å². The van der Waals surface area contributed by atoms with Crippen molar-refractivity contribution in [1.82, 2.24) is 0 Å². The van der Waals surface area contributed by atoms with Crippen LogP contribution in [0.2, 0.25) is 0 Å². The average Bonchev–Trinajstić information content (AvgIpc) is 3.24. The summed E-state index contributed by atoms with van der Waals surface area (Å²) < 4.78 is 36.6. The zero-order valence-electron chi connectivity index (χ0n) is 32.9. The van der Waals surface area contributed by atoms with Gasteiger partial charge in [-0.15, -0.1) is 0 Å². The molecule has 342 valence electrons. The van der Waals surface area contributed by atoms with Gasteiger partial charge >= 0.3 is 73.8 Å². The molecule has 0 aliphatic heterocycles. The van der Waals surface area contributed by atoms with Gasteiger partial charge in [-0.05, 0) is 62.1 Å². The maximum absolute atomic E-state index is 13.1. The first-order valence-electron chi connectivity index (χ1n) is 18.0. The quantitative estimate of drug-likeness (QED) is 0.0195. The Morgan fingerprint density at radius 2 is 1.08 bits per heavy atom. The summed E-state index contributed by atoms with van der Waals surface area (Å²) in [6, 6.07) is 23.7. The molecule has 0 aliphatic rings. The zero-order valence-corrected chi connectivity index (χ0v) is 45.5. The summed E-state index contributed by atoms with van der Waals surface area (Å²) in [5, 5.41) is 18.3. The van der Waals surface area contributed by atoms with Crippen LogP contribution in [0.5, 0.6) is 5.75 Å². The van der Waals surface area contributed by atoms with Crippen molar-refractivity contribution >= 4 is 120 Å². The number of halogens is 5. The Morgan fingerprint density at radius 3 is 1.47 bits per heavy atom. The number of aryl methyl sites for hydroxylation is 2. The smallest absolute Gasteiger partial charge is 0.327 e. The molecule has 0 unspecified atom stereocenters. The first-order valence-corrected chi connectivity index (χ1v) is 38.3. The Morgan fingerprint density at radius 1 is 0.678 bits per heavy atom. The molecule has 2 N–H and O–H groups in total. The van der Waals surface area contributed by atoms with Gasteiger partial charge in [0.15, 0.2) is 0 Å². The van der Waals surface area contributed by atoms with Crippen molar-refractivity contribution in [2.45, 2.75) is 107 Å². The number of unbranched alkanes of at least 4 members (excludes halogenated alkanes) is 7. The Hall–Kier alpha value is 0.450. The van der Waals surface area contributed by atoms with Crippen LogP contribution in [0.1, 0.15) is 116 Å². The number of hydrogen-bond acceptors (Lipinski definition) is 9. The molecule has 0 radical (unpaired) electrons. The van der Waals surface area contributed by atoms with E-state index in [4.69, 9.17) is 20.7 Å². The molecule has 0 amide bonds. The molecule has 0 aliphatic carbocycles. The van der Waals surface area contributed by atoms with E-state index in [1.807, 2.05) is 79.8 Å². The molecule has 17 heteroatoms. The van der Waals surface area contributed by atoms with E-state index in [0.717, 1.165) is 87.5 Å². The van der Waals surface area contributed by atoms with Gasteiger partial charge in [0.1, 0.15) is 12.8 Å². The molecule has 3 aromatic carbocycles. The first-order chi connectivity index (χ1) is 27.4. The van der Waals surface area contributed by atoms with E-state index in [2.05, 4.69) is 102 Å². The number of carbonyl (C=O) groups excluding carboxylic acids is 1. The molecule has 4 rings (SSSR count). The first kappa shape index (κ1) is 71.1. The largest absolute Gasteiger partial charge is 0.330 e. The van der Waals surface area contributed by atoms with E-state index in [1.54, 1.807) is 0 Å². The number of carbonyl (C=O) groups is 1. The molecule has 0 bridgehead atoms. The minimum absolute atomic E-state index is 0. The molecule has 59 heavy (non-hydrogen) atoms. The van der Waals surface area contributed by atoms with Crippen LogP contribution in [-0.4, -0.2) is 39.9 Å². The van der Waals surface area contributed by atoms with Crippen molar-refractivity contribution in [3.63, 3.8) is 0 Å². The summed E-state index contributed by atoms with van der Waals surface area (Å²) in [6.07, 6.45) is 12.5. The fraction of sp³-hybridized carbons (Fsp3) is 0.524. The fourth-order valence-corrected chi connectivity index (χ4v) is 5.54. The van der Waals surface area contributed by atoms with Crippen LogP contribution >= 0.6 is 91.8 Å².